The Hall–Kier alpha value is -2.80. The highest BCUT2D eigenvalue weighted by Crippen LogP contribution is 2.42. The predicted molar refractivity (Wildman–Crippen MR) is 113 cm³/mol. The first-order valence-electron chi connectivity index (χ1n) is 10.2. The highest BCUT2D eigenvalue weighted by molar-refractivity contribution is 5.87. The quantitative estimate of drug-likeness (QED) is 0.735. The van der Waals surface area contributed by atoms with Crippen molar-refractivity contribution in [1.29, 1.82) is 5.26 Å². The van der Waals surface area contributed by atoms with E-state index in [0.29, 0.717) is 18.4 Å². The van der Waals surface area contributed by atoms with Crippen LogP contribution in [0.3, 0.4) is 0 Å². The van der Waals surface area contributed by atoms with E-state index in [9.17, 15) is 5.26 Å². The number of amidine groups is 1. The van der Waals surface area contributed by atoms with Crippen molar-refractivity contribution in [3.63, 3.8) is 0 Å². The number of hydrogen-bond donors (Lipinski definition) is 1. The molecule has 0 fully saturated rings. The number of nitrogens with zero attached hydrogens (tertiary/aromatic N) is 2. The van der Waals surface area contributed by atoms with E-state index in [1.54, 1.807) is 0 Å². The fourth-order valence-electron chi connectivity index (χ4n) is 4.25. The molecule has 1 aliphatic rings. The molecule has 4 nitrogen and oxygen atoms in total. The predicted octanol–water partition coefficient (Wildman–Crippen LogP) is 5.05. The third-order valence-corrected chi connectivity index (χ3v) is 5.66. The standard InChI is InChI=1S/C24H29N3O/c1-3-8-22-20(4-2)23(21(15-25)24(26)27-22)18-11-13-19(14-12-18)28-16-17-9-6-5-7-10-17/h5-7,9-14,20-23H,3-4,8,16H2,1-2H3,(H2,26,27). The maximum absolute atomic E-state index is 9.75. The number of benzene rings is 2. The van der Waals surface area contributed by atoms with Gasteiger partial charge in [-0.25, -0.2) is 0 Å². The molecule has 4 unspecified atom stereocenters. The molecule has 0 spiro atoms. The largest absolute Gasteiger partial charge is 0.489 e. The average Bonchev–Trinajstić information content (AvgIpc) is 2.73. The van der Waals surface area contributed by atoms with Crippen molar-refractivity contribution >= 4 is 5.84 Å². The van der Waals surface area contributed by atoms with Gasteiger partial charge in [0.15, 0.2) is 0 Å². The van der Waals surface area contributed by atoms with E-state index in [2.05, 4.69) is 49.2 Å². The molecule has 1 aliphatic heterocycles. The summed E-state index contributed by atoms with van der Waals surface area (Å²) in [4.78, 5) is 4.68. The summed E-state index contributed by atoms with van der Waals surface area (Å²) in [5.74, 6) is 1.35. The van der Waals surface area contributed by atoms with E-state index in [-0.39, 0.29) is 17.9 Å². The first kappa shape index (κ1) is 19.9. The Balaban J connectivity index is 1.80. The van der Waals surface area contributed by atoms with Gasteiger partial charge in [-0.05, 0) is 35.6 Å². The normalized spacial score (nSPS) is 24.2. The van der Waals surface area contributed by atoms with Crippen LogP contribution in [0.15, 0.2) is 59.6 Å². The fraction of sp³-hybridized carbons (Fsp3) is 0.417. The second-order valence-electron chi connectivity index (χ2n) is 7.46. The lowest BCUT2D eigenvalue weighted by molar-refractivity contribution is 0.288. The van der Waals surface area contributed by atoms with Crippen LogP contribution < -0.4 is 10.5 Å². The summed E-state index contributed by atoms with van der Waals surface area (Å²) in [5, 5.41) is 9.75. The molecule has 0 aromatic heterocycles. The summed E-state index contributed by atoms with van der Waals surface area (Å²) in [5.41, 5.74) is 8.48. The van der Waals surface area contributed by atoms with E-state index in [1.807, 2.05) is 30.3 Å². The van der Waals surface area contributed by atoms with Crippen LogP contribution in [0.4, 0.5) is 0 Å². The highest BCUT2D eigenvalue weighted by atomic mass is 16.5. The highest BCUT2D eigenvalue weighted by Gasteiger charge is 2.40. The Labute approximate surface area is 168 Å². The van der Waals surface area contributed by atoms with E-state index in [1.165, 1.54) is 0 Å². The van der Waals surface area contributed by atoms with Crippen molar-refractivity contribution in [2.24, 2.45) is 22.6 Å². The van der Waals surface area contributed by atoms with Gasteiger partial charge in [0.2, 0.25) is 0 Å². The number of nitrogens with two attached hydrogens (primary N) is 1. The molecule has 28 heavy (non-hydrogen) atoms. The van der Waals surface area contributed by atoms with Gasteiger partial charge < -0.3 is 10.5 Å². The van der Waals surface area contributed by atoms with Crippen molar-refractivity contribution in [2.45, 2.75) is 51.7 Å². The molecule has 1 heterocycles. The number of ether oxygens (including phenoxy) is 1. The zero-order valence-electron chi connectivity index (χ0n) is 16.7. The summed E-state index contributed by atoms with van der Waals surface area (Å²) >= 11 is 0. The molecule has 0 saturated heterocycles. The van der Waals surface area contributed by atoms with E-state index in [4.69, 9.17) is 10.5 Å². The molecule has 3 rings (SSSR count). The van der Waals surface area contributed by atoms with E-state index < -0.39 is 0 Å². The zero-order valence-corrected chi connectivity index (χ0v) is 16.7. The van der Waals surface area contributed by atoms with Crippen molar-refractivity contribution in [1.82, 2.24) is 0 Å². The van der Waals surface area contributed by atoms with Gasteiger partial charge in [-0.15, -0.1) is 0 Å². The van der Waals surface area contributed by atoms with E-state index in [0.717, 1.165) is 36.1 Å². The molecule has 0 bridgehead atoms. The number of nitriles is 1. The minimum atomic E-state index is -0.367. The summed E-state index contributed by atoms with van der Waals surface area (Å²) in [6.45, 7) is 4.89. The van der Waals surface area contributed by atoms with E-state index >= 15 is 0 Å². The lowest BCUT2D eigenvalue weighted by atomic mass is 9.70. The third-order valence-electron chi connectivity index (χ3n) is 5.66. The van der Waals surface area contributed by atoms with Crippen molar-refractivity contribution < 1.29 is 4.74 Å². The summed E-state index contributed by atoms with van der Waals surface area (Å²) < 4.78 is 5.91. The molecule has 2 N–H and O–H groups in total. The van der Waals surface area contributed by atoms with Gasteiger partial charge in [0.25, 0.3) is 0 Å². The van der Waals surface area contributed by atoms with Gasteiger partial charge in [0, 0.05) is 5.92 Å². The number of rotatable bonds is 7. The van der Waals surface area contributed by atoms with Crippen LogP contribution in [0.2, 0.25) is 0 Å². The molecule has 146 valence electrons. The van der Waals surface area contributed by atoms with Gasteiger partial charge in [0.1, 0.15) is 24.1 Å². The summed E-state index contributed by atoms with van der Waals surface area (Å²) in [6, 6.07) is 20.9. The van der Waals surface area contributed by atoms with Crippen LogP contribution in [0.1, 0.15) is 50.2 Å². The topological polar surface area (TPSA) is 71.4 Å². The molecule has 4 heteroatoms. The van der Waals surface area contributed by atoms with Crippen LogP contribution in [-0.2, 0) is 6.61 Å². The number of aliphatic imine (C=N–C) groups is 1. The minimum absolute atomic E-state index is 0.0761. The molecular weight excluding hydrogens is 346 g/mol. The maximum atomic E-state index is 9.75. The minimum Gasteiger partial charge on any atom is -0.489 e. The van der Waals surface area contributed by atoms with Crippen molar-refractivity contribution in [3.8, 4) is 11.8 Å². The molecular formula is C24H29N3O. The van der Waals surface area contributed by atoms with Gasteiger partial charge in [-0.1, -0.05) is 69.2 Å². The van der Waals surface area contributed by atoms with Crippen molar-refractivity contribution in [2.75, 3.05) is 0 Å². The Kier molecular flexibility index (Phi) is 6.71. The maximum Gasteiger partial charge on any atom is 0.119 e. The average molecular weight is 376 g/mol. The van der Waals surface area contributed by atoms with Crippen LogP contribution in [0, 0.1) is 23.2 Å². The molecule has 0 amide bonds. The van der Waals surface area contributed by atoms with Gasteiger partial charge in [-0.3, -0.25) is 4.99 Å². The Bertz CT molecular complexity index is 823. The fourth-order valence-corrected chi connectivity index (χ4v) is 4.25. The molecule has 2 aromatic rings. The lowest BCUT2D eigenvalue weighted by Crippen LogP contribution is -2.42. The van der Waals surface area contributed by atoms with Crippen LogP contribution in [-0.4, -0.2) is 11.9 Å². The Morgan fingerprint density at radius 1 is 1.07 bits per heavy atom. The summed E-state index contributed by atoms with van der Waals surface area (Å²) in [6.07, 6.45) is 3.05. The summed E-state index contributed by atoms with van der Waals surface area (Å²) in [7, 11) is 0. The Morgan fingerprint density at radius 3 is 2.39 bits per heavy atom. The van der Waals surface area contributed by atoms with Crippen molar-refractivity contribution in [3.05, 3.63) is 65.7 Å². The molecule has 2 aromatic carbocycles. The zero-order chi connectivity index (χ0) is 19.9. The third kappa shape index (κ3) is 4.36. The van der Waals surface area contributed by atoms with Gasteiger partial charge in [0.05, 0.1) is 12.1 Å². The van der Waals surface area contributed by atoms with Gasteiger partial charge >= 0.3 is 0 Å². The SMILES string of the molecule is CCCC1N=C(N)C(C#N)C(c2ccc(OCc3ccccc3)cc2)C1CC. The van der Waals surface area contributed by atoms with Crippen LogP contribution in [0.5, 0.6) is 5.75 Å². The number of hydrogen-bond acceptors (Lipinski definition) is 4. The second kappa shape index (κ2) is 9.41. The van der Waals surface area contributed by atoms with Gasteiger partial charge in [-0.2, -0.15) is 5.26 Å². The molecule has 0 radical (unpaired) electrons. The Morgan fingerprint density at radius 2 is 1.79 bits per heavy atom. The molecule has 0 saturated carbocycles. The first-order chi connectivity index (χ1) is 13.7. The smallest absolute Gasteiger partial charge is 0.119 e. The van der Waals surface area contributed by atoms with Crippen LogP contribution in [0.25, 0.3) is 0 Å². The van der Waals surface area contributed by atoms with Crippen LogP contribution >= 0.6 is 0 Å². The first-order valence-corrected chi connectivity index (χ1v) is 10.2. The monoisotopic (exact) mass is 375 g/mol. The lowest BCUT2D eigenvalue weighted by Gasteiger charge is -2.38. The molecule has 4 atom stereocenters. The molecule has 0 aliphatic carbocycles. The second-order valence-corrected chi connectivity index (χ2v) is 7.46.